The highest BCUT2D eigenvalue weighted by Crippen LogP contribution is 2.43. The van der Waals surface area contributed by atoms with Crippen molar-refractivity contribution in [2.75, 3.05) is 19.5 Å². The SMILES string of the molecule is COc1cc(O)cc(OC)c1/C=C1/Sc2cc(S(=O)(=O)Cc3c(C)cccc3C)ccc2NC1=O. The van der Waals surface area contributed by atoms with Gasteiger partial charge in [0.2, 0.25) is 0 Å². The molecule has 2 N–H and O–H groups in total. The summed E-state index contributed by atoms with van der Waals surface area (Å²) in [6, 6.07) is 13.3. The van der Waals surface area contributed by atoms with E-state index >= 15 is 0 Å². The second-order valence-corrected chi connectivity index (χ2v) is 11.2. The number of methoxy groups -OCH3 is 2. The van der Waals surface area contributed by atoms with E-state index in [-0.39, 0.29) is 22.3 Å². The van der Waals surface area contributed by atoms with E-state index in [1.54, 1.807) is 18.2 Å². The number of aryl methyl sites for hydroxylation is 2. The number of anilines is 1. The molecule has 0 unspecified atom stereocenters. The Labute approximate surface area is 208 Å². The van der Waals surface area contributed by atoms with Crippen LogP contribution in [0.25, 0.3) is 6.08 Å². The number of thioether (sulfide) groups is 1. The van der Waals surface area contributed by atoms with E-state index in [0.717, 1.165) is 28.5 Å². The van der Waals surface area contributed by atoms with Crippen LogP contribution in [0.3, 0.4) is 0 Å². The fraction of sp³-hybridized carbons (Fsp3) is 0.192. The Balaban J connectivity index is 1.71. The molecule has 0 aromatic heterocycles. The van der Waals surface area contributed by atoms with Crippen LogP contribution < -0.4 is 14.8 Å². The smallest absolute Gasteiger partial charge is 0.262 e. The molecule has 182 valence electrons. The number of nitrogens with one attached hydrogen (secondary N) is 1. The van der Waals surface area contributed by atoms with Crippen molar-refractivity contribution >= 4 is 39.3 Å². The molecule has 0 saturated carbocycles. The predicted molar refractivity (Wildman–Crippen MR) is 137 cm³/mol. The Morgan fingerprint density at radius 1 is 1.00 bits per heavy atom. The van der Waals surface area contributed by atoms with Gasteiger partial charge in [-0.1, -0.05) is 30.0 Å². The molecule has 0 atom stereocenters. The van der Waals surface area contributed by atoms with Crippen LogP contribution >= 0.6 is 11.8 Å². The van der Waals surface area contributed by atoms with Gasteiger partial charge in [-0.3, -0.25) is 4.79 Å². The van der Waals surface area contributed by atoms with Crippen molar-refractivity contribution in [3.05, 3.63) is 75.7 Å². The van der Waals surface area contributed by atoms with Gasteiger partial charge in [0.05, 0.1) is 41.0 Å². The maximum atomic E-state index is 13.3. The van der Waals surface area contributed by atoms with Crippen molar-refractivity contribution in [2.24, 2.45) is 0 Å². The molecule has 1 aliphatic heterocycles. The third-order valence-electron chi connectivity index (χ3n) is 5.79. The summed E-state index contributed by atoms with van der Waals surface area (Å²) in [6.45, 7) is 3.80. The molecule has 0 bridgehead atoms. The Morgan fingerprint density at radius 3 is 2.23 bits per heavy atom. The van der Waals surface area contributed by atoms with E-state index in [9.17, 15) is 18.3 Å². The van der Waals surface area contributed by atoms with Gasteiger partial charge in [-0.05, 0) is 54.8 Å². The third kappa shape index (κ3) is 5.01. The van der Waals surface area contributed by atoms with Crippen molar-refractivity contribution in [2.45, 2.75) is 29.4 Å². The van der Waals surface area contributed by atoms with Crippen LogP contribution in [0.15, 0.2) is 63.2 Å². The average molecular weight is 512 g/mol. The standard InChI is InChI=1S/C26H25NO6S2/c1-15-6-5-7-16(2)20(15)14-35(30,31)18-8-9-21-24(12-18)34-25(26(29)27-21)13-19-22(32-3)10-17(28)11-23(19)33-4/h5-13,28H,14H2,1-4H3,(H,27,29)/b25-13+. The number of carbonyl (C=O) groups excluding carboxylic acids is 1. The molecule has 1 amide bonds. The van der Waals surface area contributed by atoms with Crippen molar-refractivity contribution in [3.63, 3.8) is 0 Å². The number of rotatable bonds is 6. The van der Waals surface area contributed by atoms with Gasteiger partial charge in [0, 0.05) is 17.0 Å². The first-order valence-corrected chi connectivity index (χ1v) is 13.2. The summed E-state index contributed by atoms with van der Waals surface area (Å²) in [6.07, 6.45) is 1.60. The zero-order valence-electron chi connectivity index (χ0n) is 19.7. The molecule has 1 aliphatic rings. The van der Waals surface area contributed by atoms with Crippen molar-refractivity contribution < 1.29 is 27.8 Å². The number of phenolic OH excluding ortho intramolecular Hbond substituents is 1. The first-order chi connectivity index (χ1) is 16.6. The maximum Gasteiger partial charge on any atom is 0.262 e. The first kappa shape index (κ1) is 24.7. The van der Waals surface area contributed by atoms with Crippen LogP contribution in [0.5, 0.6) is 17.2 Å². The fourth-order valence-corrected chi connectivity index (χ4v) is 6.50. The largest absolute Gasteiger partial charge is 0.508 e. The highest BCUT2D eigenvalue weighted by Gasteiger charge is 2.26. The zero-order chi connectivity index (χ0) is 25.3. The predicted octanol–water partition coefficient (Wildman–Crippen LogP) is 5.09. The fourth-order valence-electron chi connectivity index (χ4n) is 3.88. The number of hydrogen-bond acceptors (Lipinski definition) is 7. The number of fused-ring (bicyclic) bond motifs is 1. The number of carbonyl (C=O) groups is 1. The molecule has 0 saturated heterocycles. The second-order valence-electron chi connectivity index (χ2n) is 8.12. The minimum Gasteiger partial charge on any atom is -0.508 e. The Bertz CT molecular complexity index is 1420. The quantitative estimate of drug-likeness (QED) is 0.445. The number of hydrogen-bond donors (Lipinski definition) is 2. The summed E-state index contributed by atoms with van der Waals surface area (Å²) in [7, 11) is -0.718. The topological polar surface area (TPSA) is 102 Å². The van der Waals surface area contributed by atoms with Crippen LogP contribution in [-0.4, -0.2) is 33.7 Å². The molecule has 3 aromatic carbocycles. The van der Waals surface area contributed by atoms with Crippen molar-refractivity contribution in [3.8, 4) is 17.2 Å². The number of amides is 1. The molecule has 4 rings (SSSR count). The van der Waals surface area contributed by atoms with Crippen LogP contribution in [0.4, 0.5) is 5.69 Å². The lowest BCUT2D eigenvalue weighted by atomic mass is 10.1. The Kier molecular flexibility index (Phi) is 6.82. The molecule has 0 spiro atoms. The normalized spacial score (nSPS) is 14.4. The van der Waals surface area contributed by atoms with Gasteiger partial charge in [-0.25, -0.2) is 8.42 Å². The Hall–Kier alpha value is -3.43. The van der Waals surface area contributed by atoms with Gasteiger partial charge in [0.1, 0.15) is 17.2 Å². The molecule has 1 heterocycles. The van der Waals surface area contributed by atoms with Gasteiger partial charge in [-0.2, -0.15) is 0 Å². The number of phenols is 1. The van der Waals surface area contributed by atoms with Crippen molar-refractivity contribution in [1.82, 2.24) is 0 Å². The Morgan fingerprint density at radius 2 is 1.63 bits per heavy atom. The second kappa shape index (κ2) is 9.67. The number of aromatic hydroxyl groups is 1. The molecular formula is C26H25NO6S2. The van der Waals surface area contributed by atoms with Crippen LogP contribution in [0.1, 0.15) is 22.3 Å². The maximum absolute atomic E-state index is 13.3. The van der Waals surface area contributed by atoms with E-state index in [0.29, 0.717) is 32.6 Å². The molecule has 35 heavy (non-hydrogen) atoms. The van der Waals surface area contributed by atoms with Crippen LogP contribution in [0, 0.1) is 13.8 Å². The monoisotopic (exact) mass is 511 g/mol. The van der Waals surface area contributed by atoms with Gasteiger partial charge < -0.3 is 19.9 Å². The van der Waals surface area contributed by atoms with Gasteiger partial charge in [0.15, 0.2) is 9.84 Å². The van der Waals surface area contributed by atoms with E-state index in [1.165, 1.54) is 32.4 Å². The summed E-state index contributed by atoms with van der Waals surface area (Å²) in [5.41, 5.74) is 3.66. The summed E-state index contributed by atoms with van der Waals surface area (Å²) in [4.78, 5) is 13.9. The zero-order valence-corrected chi connectivity index (χ0v) is 21.3. The lowest BCUT2D eigenvalue weighted by Gasteiger charge is -2.20. The summed E-state index contributed by atoms with van der Waals surface area (Å²) >= 11 is 1.16. The molecular weight excluding hydrogens is 486 g/mol. The van der Waals surface area contributed by atoms with Crippen LogP contribution in [-0.2, 0) is 20.4 Å². The van der Waals surface area contributed by atoms with E-state index in [1.807, 2.05) is 32.0 Å². The van der Waals surface area contributed by atoms with E-state index in [4.69, 9.17) is 9.47 Å². The molecule has 9 heteroatoms. The summed E-state index contributed by atoms with van der Waals surface area (Å²) in [5, 5.41) is 12.7. The first-order valence-electron chi connectivity index (χ1n) is 10.7. The van der Waals surface area contributed by atoms with E-state index < -0.39 is 9.84 Å². The van der Waals surface area contributed by atoms with Gasteiger partial charge in [-0.15, -0.1) is 0 Å². The molecule has 0 aliphatic carbocycles. The van der Waals surface area contributed by atoms with Gasteiger partial charge in [0.25, 0.3) is 5.91 Å². The van der Waals surface area contributed by atoms with Crippen molar-refractivity contribution in [1.29, 1.82) is 0 Å². The van der Waals surface area contributed by atoms with E-state index in [2.05, 4.69) is 5.32 Å². The third-order valence-corrected chi connectivity index (χ3v) is 8.51. The minimum absolute atomic E-state index is 0.0364. The average Bonchev–Trinajstić information content (AvgIpc) is 2.82. The minimum atomic E-state index is -3.62. The molecule has 3 aromatic rings. The number of benzene rings is 3. The number of sulfone groups is 1. The highest BCUT2D eigenvalue weighted by atomic mass is 32.2. The number of ether oxygens (including phenoxy) is 2. The summed E-state index contributed by atoms with van der Waals surface area (Å²) in [5.74, 6) is 0.180. The van der Waals surface area contributed by atoms with Crippen LogP contribution in [0.2, 0.25) is 0 Å². The summed E-state index contributed by atoms with van der Waals surface area (Å²) < 4.78 is 37.2. The van der Waals surface area contributed by atoms with Gasteiger partial charge >= 0.3 is 0 Å². The molecule has 7 nitrogen and oxygen atoms in total. The molecule has 0 fully saturated rings. The highest BCUT2D eigenvalue weighted by molar-refractivity contribution is 8.04. The molecule has 0 radical (unpaired) electrons. The lowest BCUT2D eigenvalue weighted by Crippen LogP contribution is -2.18. The lowest BCUT2D eigenvalue weighted by molar-refractivity contribution is -0.112.